The first kappa shape index (κ1) is 14.0. The van der Waals surface area contributed by atoms with Crippen molar-refractivity contribution in [1.29, 1.82) is 0 Å². The average molecular weight is 249 g/mol. The predicted octanol–water partition coefficient (Wildman–Crippen LogP) is 1.04. The monoisotopic (exact) mass is 249 g/mol. The molecule has 5 nitrogen and oxygen atoms in total. The van der Waals surface area contributed by atoms with E-state index in [1.165, 1.54) is 0 Å². The number of hydrogen-bond donors (Lipinski definition) is 1. The zero-order valence-corrected chi connectivity index (χ0v) is 9.95. The van der Waals surface area contributed by atoms with Crippen LogP contribution < -0.4 is 5.32 Å². The summed E-state index contributed by atoms with van der Waals surface area (Å²) in [6, 6.07) is 0.249. The number of likely N-dealkylation sites (N-methyl/N-ethyl adjacent to an activating group) is 1. The molecule has 1 unspecified atom stereocenters. The van der Waals surface area contributed by atoms with E-state index in [1.54, 1.807) is 0 Å². The zero-order chi connectivity index (χ0) is 12.7. The Kier molecular flexibility index (Phi) is 5.99. The summed E-state index contributed by atoms with van der Waals surface area (Å²) >= 11 is 0. The van der Waals surface area contributed by atoms with Gasteiger partial charge in [-0.25, -0.2) is 8.78 Å². The van der Waals surface area contributed by atoms with Crippen LogP contribution in [0.3, 0.4) is 0 Å². The number of halogens is 2. The Morgan fingerprint density at radius 1 is 1.47 bits per heavy atom. The molecular weight excluding hydrogens is 232 g/mol. The number of rotatable bonds is 8. The van der Waals surface area contributed by atoms with Gasteiger partial charge in [0.25, 0.3) is 6.43 Å². The molecule has 0 saturated heterocycles. The Morgan fingerprint density at radius 3 is 2.88 bits per heavy atom. The summed E-state index contributed by atoms with van der Waals surface area (Å²) in [7, 11) is 1.85. The fourth-order valence-corrected chi connectivity index (χ4v) is 1.17. The second-order valence-corrected chi connectivity index (χ2v) is 3.71. The van der Waals surface area contributed by atoms with Crippen LogP contribution in [0.4, 0.5) is 8.78 Å². The molecule has 0 fully saturated rings. The third-order valence-corrected chi connectivity index (χ3v) is 2.20. The molecule has 17 heavy (non-hydrogen) atoms. The molecule has 0 aliphatic carbocycles. The molecule has 1 atom stereocenters. The number of ether oxygens (including phenoxy) is 1. The van der Waals surface area contributed by atoms with Crippen molar-refractivity contribution in [3.63, 3.8) is 0 Å². The molecule has 1 rings (SSSR count). The molecule has 0 amide bonds. The van der Waals surface area contributed by atoms with E-state index in [0.29, 0.717) is 24.6 Å². The first-order chi connectivity index (χ1) is 8.11. The lowest BCUT2D eigenvalue weighted by Gasteiger charge is -2.04. The predicted molar refractivity (Wildman–Crippen MR) is 57.1 cm³/mol. The highest BCUT2D eigenvalue weighted by Gasteiger charge is 2.09. The third-order valence-electron chi connectivity index (χ3n) is 2.20. The van der Waals surface area contributed by atoms with Crippen LogP contribution in [0.2, 0.25) is 0 Å². The van der Waals surface area contributed by atoms with Gasteiger partial charge in [-0.2, -0.15) is 4.98 Å². The average Bonchev–Trinajstić information content (AvgIpc) is 2.72. The summed E-state index contributed by atoms with van der Waals surface area (Å²) in [5, 5.41) is 6.79. The summed E-state index contributed by atoms with van der Waals surface area (Å²) < 4.78 is 33.3. The molecule has 0 aliphatic heterocycles. The smallest absolute Gasteiger partial charge is 0.261 e. The van der Waals surface area contributed by atoms with E-state index in [0.717, 1.165) is 0 Å². The molecule has 0 radical (unpaired) electrons. The maximum atomic E-state index is 11.8. The topological polar surface area (TPSA) is 60.2 Å². The van der Waals surface area contributed by atoms with Gasteiger partial charge in [0.15, 0.2) is 5.82 Å². The van der Waals surface area contributed by atoms with E-state index >= 15 is 0 Å². The van der Waals surface area contributed by atoms with Crippen molar-refractivity contribution < 1.29 is 18.0 Å². The number of nitrogens with one attached hydrogen (secondary N) is 1. The van der Waals surface area contributed by atoms with Crippen molar-refractivity contribution in [1.82, 2.24) is 15.5 Å². The number of aromatic nitrogens is 2. The first-order valence-electron chi connectivity index (χ1n) is 5.46. The van der Waals surface area contributed by atoms with Crippen LogP contribution in [-0.2, 0) is 17.6 Å². The van der Waals surface area contributed by atoms with Crippen molar-refractivity contribution >= 4 is 0 Å². The van der Waals surface area contributed by atoms with Crippen molar-refractivity contribution in [2.24, 2.45) is 0 Å². The van der Waals surface area contributed by atoms with Crippen LogP contribution in [0.15, 0.2) is 4.52 Å². The van der Waals surface area contributed by atoms with Gasteiger partial charge >= 0.3 is 0 Å². The summed E-state index contributed by atoms with van der Waals surface area (Å²) in [6.45, 7) is 1.61. The lowest BCUT2D eigenvalue weighted by atomic mass is 10.2. The van der Waals surface area contributed by atoms with Crippen LogP contribution in [-0.4, -0.2) is 42.9 Å². The van der Waals surface area contributed by atoms with Crippen molar-refractivity contribution in [3.05, 3.63) is 11.7 Å². The van der Waals surface area contributed by atoms with Crippen molar-refractivity contribution in [2.45, 2.75) is 32.2 Å². The summed E-state index contributed by atoms with van der Waals surface area (Å²) in [5.74, 6) is 1.02. The number of alkyl halides is 2. The molecule has 98 valence electrons. The van der Waals surface area contributed by atoms with E-state index in [1.807, 2.05) is 14.0 Å². The quantitative estimate of drug-likeness (QED) is 0.698. The van der Waals surface area contributed by atoms with E-state index in [2.05, 4.69) is 15.5 Å². The summed E-state index contributed by atoms with van der Waals surface area (Å²) in [4.78, 5) is 4.13. The van der Waals surface area contributed by atoms with Gasteiger partial charge < -0.3 is 14.6 Å². The van der Waals surface area contributed by atoms with E-state index in [4.69, 9.17) is 9.26 Å². The van der Waals surface area contributed by atoms with Gasteiger partial charge in [-0.15, -0.1) is 0 Å². The third kappa shape index (κ3) is 5.69. The highest BCUT2D eigenvalue weighted by Crippen LogP contribution is 2.02. The van der Waals surface area contributed by atoms with Gasteiger partial charge in [0, 0.05) is 18.9 Å². The summed E-state index contributed by atoms with van der Waals surface area (Å²) in [5.41, 5.74) is 0. The standard InChI is InChI=1S/C10H17F2N3O2/c1-7(13-2)5-10-14-9(15-17-10)3-4-16-6-8(11)12/h7-8,13H,3-6H2,1-2H3. The van der Waals surface area contributed by atoms with Crippen molar-refractivity contribution in [3.8, 4) is 0 Å². The van der Waals surface area contributed by atoms with Crippen LogP contribution in [0.5, 0.6) is 0 Å². The minimum Gasteiger partial charge on any atom is -0.375 e. The normalized spacial score (nSPS) is 13.2. The molecule has 0 bridgehead atoms. The molecule has 0 aromatic carbocycles. The minimum absolute atomic E-state index is 0.172. The van der Waals surface area contributed by atoms with E-state index < -0.39 is 13.0 Å². The molecule has 1 aromatic heterocycles. The Hall–Kier alpha value is -1.08. The molecule has 0 aliphatic rings. The van der Waals surface area contributed by atoms with Gasteiger partial charge in [0.05, 0.1) is 6.61 Å². The SMILES string of the molecule is CNC(C)Cc1nc(CCOCC(F)F)no1. The van der Waals surface area contributed by atoms with Gasteiger partial charge in [-0.05, 0) is 14.0 Å². The highest BCUT2D eigenvalue weighted by atomic mass is 19.3. The Labute approximate surface area is 98.5 Å². The van der Waals surface area contributed by atoms with Gasteiger partial charge in [0.1, 0.15) is 6.61 Å². The highest BCUT2D eigenvalue weighted by molar-refractivity contribution is 4.88. The van der Waals surface area contributed by atoms with E-state index in [9.17, 15) is 8.78 Å². The number of nitrogens with zero attached hydrogens (tertiary/aromatic N) is 2. The van der Waals surface area contributed by atoms with Gasteiger partial charge in [-0.1, -0.05) is 5.16 Å². The fraction of sp³-hybridized carbons (Fsp3) is 0.800. The molecular formula is C10H17F2N3O2. The Bertz CT molecular complexity index is 320. The molecule has 7 heteroatoms. The molecule has 1 aromatic rings. The zero-order valence-electron chi connectivity index (χ0n) is 9.95. The lowest BCUT2D eigenvalue weighted by molar-refractivity contribution is 0.0182. The molecule has 1 heterocycles. The fourth-order valence-electron chi connectivity index (χ4n) is 1.17. The van der Waals surface area contributed by atoms with Crippen LogP contribution in [0.1, 0.15) is 18.6 Å². The van der Waals surface area contributed by atoms with Crippen LogP contribution in [0.25, 0.3) is 0 Å². The van der Waals surface area contributed by atoms with Gasteiger partial charge in [-0.3, -0.25) is 0 Å². The van der Waals surface area contributed by atoms with Gasteiger partial charge in [0.2, 0.25) is 5.89 Å². The molecule has 0 saturated carbocycles. The molecule has 0 spiro atoms. The van der Waals surface area contributed by atoms with E-state index in [-0.39, 0.29) is 12.6 Å². The van der Waals surface area contributed by atoms with Crippen molar-refractivity contribution in [2.75, 3.05) is 20.3 Å². The van der Waals surface area contributed by atoms with Crippen LogP contribution in [0, 0.1) is 0 Å². The molecule has 1 N–H and O–H groups in total. The Balaban J connectivity index is 2.26. The Morgan fingerprint density at radius 2 is 2.24 bits per heavy atom. The second-order valence-electron chi connectivity index (χ2n) is 3.71. The second kappa shape index (κ2) is 7.29. The minimum atomic E-state index is -2.44. The maximum Gasteiger partial charge on any atom is 0.261 e. The summed E-state index contributed by atoms with van der Waals surface area (Å²) in [6.07, 6.45) is -1.42. The number of hydrogen-bond acceptors (Lipinski definition) is 5. The van der Waals surface area contributed by atoms with Crippen LogP contribution >= 0.6 is 0 Å². The maximum absolute atomic E-state index is 11.8. The largest absolute Gasteiger partial charge is 0.375 e. The first-order valence-corrected chi connectivity index (χ1v) is 5.46. The lowest BCUT2D eigenvalue weighted by Crippen LogP contribution is -2.23.